The third-order valence-corrected chi connectivity index (χ3v) is 6.38. The summed E-state index contributed by atoms with van der Waals surface area (Å²) in [4.78, 5) is 56.1. The van der Waals surface area contributed by atoms with Crippen LogP contribution in [0.25, 0.3) is 10.9 Å². The Balaban J connectivity index is 1.57. The SMILES string of the molecule is CCC1CN(C(=O)c2cc(Cn3c(=O)[nH]c(=O)c4ccccc43)ccc2F)CCN1C(=O)OC(C)(C)C. The Hall–Kier alpha value is -3.95. The van der Waals surface area contributed by atoms with Gasteiger partial charge in [-0.1, -0.05) is 25.1 Å². The van der Waals surface area contributed by atoms with Crippen molar-refractivity contribution in [1.29, 1.82) is 0 Å². The molecule has 1 aliphatic rings. The quantitative estimate of drug-likeness (QED) is 0.580. The largest absolute Gasteiger partial charge is 0.444 e. The number of H-pyrrole nitrogens is 1. The maximum Gasteiger partial charge on any atom is 0.410 e. The molecule has 196 valence electrons. The van der Waals surface area contributed by atoms with Gasteiger partial charge < -0.3 is 14.5 Å². The molecule has 3 aromatic rings. The Kier molecular flexibility index (Phi) is 7.20. The minimum atomic E-state index is -0.671. The maximum atomic E-state index is 14.8. The van der Waals surface area contributed by atoms with Gasteiger partial charge in [0.25, 0.3) is 11.5 Å². The fraction of sp³-hybridized carbons (Fsp3) is 0.407. The summed E-state index contributed by atoms with van der Waals surface area (Å²) in [5.74, 6) is -1.16. The van der Waals surface area contributed by atoms with Gasteiger partial charge in [-0.05, 0) is 57.0 Å². The van der Waals surface area contributed by atoms with Crippen molar-refractivity contribution in [1.82, 2.24) is 19.4 Å². The van der Waals surface area contributed by atoms with Crippen molar-refractivity contribution in [2.75, 3.05) is 19.6 Å². The summed E-state index contributed by atoms with van der Waals surface area (Å²) >= 11 is 0. The smallest absolute Gasteiger partial charge is 0.410 e. The summed E-state index contributed by atoms with van der Waals surface area (Å²) in [7, 11) is 0. The first kappa shape index (κ1) is 26.1. The number of benzene rings is 2. The zero-order valence-electron chi connectivity index (χ0n) is 21.4. The highest BCUT2D eigenvalue weighted by molar-refractivity contribution is 5.95. The van der Waals surface area contributed by atoms with E-state index in [2.05, 4.69) is 4.98 Å². The number of nitrogens with one attached hydrogen (secondary N) is 1. The zero-order valence-corrected chi connectivity index (χ0v) is 21.4. The Bertz CT molecular complexity index is 1460. The molecule has 0 spiro atoms. The molecule has 2 heterocycles. The normalized spacial score (nSPS) is 16.2. The molecule has 2 amide bonds. The van der Waals surface area contributed by atoms with Crippen LogP contribution in [0.15, 0.2) is 52.1 Å². The fourth-order valence-electron chi connectivity index (χ4n) is 4.54. The zero-order chi connectivity index (χ0) is 26.9. The molecule has 10 heteroatoms. The number of para-hydroxylation sites is 1. The van der Waals surface area contributed by atoms with Gasteiger partial charge in [0.15, 0.2) is 0 Å². The molecule has 1 fully saturated rings. The summed E-state index contributed by atoms with van der Waals surface area (Å²) in [5, 5.41) is 0.356. The first-order valence-electron chi connectivity index (χ1n) is 12.3. The van der Waals surface area contributed by atoms with E-state index in [1.807, 2.05) is 6.92 Å². The highest BCUT2D eigenvalue weighted by Gasteiger charge is 2.34. The third kappa shape index (κ3) is 5.58. The number of amides is 2. The molecule has 1 N–H and O–H groups in total. The van der Waals surface area contributed by atoms with E-state index in [0.717, 1.165) is 0 Å². The highest BCUT2D eigenvalue weighted by Crippen LogP contribution is 2.21. The van der Waals surface area contributed by atoms with Crippen LogP contribution in [-0.4, -0.2) is 62.6 Å². The second kappa shape index (κ2) is 10.2. The standard InChI is InChI=1S/C27H31FN4O5/c1-5-18-16-30(12-13-31(18)26(36)37-27(2,3)4)24(34)20-14-17(10-11-21(20)28)15-32-22-9-7-6-8-19(22)23(33)29-25(32)35/h6-11,14,18H,5,12-13,15-16H2,1-4H3,(H,29,33,35). The minimum absolute atomic E-state index is 0.0424. The van der Waals surface area contributed by atoms with Crippen molar-refractivity contribution >= 4 is 22.9 Å². The lowest BCUT2D eigenvalue weighted by atomic mass is 10.1. The van der Waals surface area contributed by atoms with Crippen LogP contribution < -0.4 is 11.2 Å². The van der Waals surface area contributed by atoms with Crippen LogP contribution in [0.3, 0.4) is 0 Å². The number of aromatic nitrogens is 2. The lowest BCUT2D eigenvalue weighted by Gasteiger charge is -2.41. The Morgan fingerprint density at radius 3 is 2.54 bits per heavy atom. The summed E-state index contributed by atoms with van der Waals surface area (Å²) in [5.41, 5.74) is -0.848. The van der Waals surface area contributed by atoms with Gasteiger partial charge in [0.1, 0.15) is 11.4 Å². The van der Waals surface area contributed by atoms with Crippen molar-refractivity contribution in [2.24, 2.45) is 0 Å². The van der Waals surface area contributed by atoms with E-state index in [1.54, 1.807) is 54.8 Å². The summed E-state index contributed by atoms with van der Waals surface area (Å²) < 4.78 is 21.7. The molecule has 1 unspecified atom stereocenters. The van der Waals surface area contributed by atoms with E-state index < -0.39 is 34.7 Å². The number of fused-ring (bicyclic) bond motifs is 1. The molecule has 2 aromatic carbocycles. The van der Waals surface area contributed by atoms with Crippen LogP contribution in [0.5, 0.6) is 0 Å². The molecule has 1 saturated heterocycles. The lowest BCUT2D eigenvalue weighted by molar-refractivity contribution is -0.00128. The van der Waals surface area contributed by atoms with Crippen molar-refractivity contribution in [2.45, 2.75) is 52.3 Å². The number of hydrogen-bond donors (Lipinski definition) is 1. The Labute approximate surface area is 213 Å². The number of rotatable bonds is 4. The number of piperazine rings is 1. The van der Waals surface area contributed by atoms with Crippen LogP contribution in [-0.2, 0) is 11.3 Å². The molecule has 9 nitrogen and oxygen atoms in total. The summed E-state index contributed by atoms with van der Waals surface area (Å²) in [6.07, 6.45) is 0.173. The molecule has 4 rings (SSSR count). The molecular formula is C27H31FN4O5. The average Bonchev–Trinajstić information content (AvgIpc) is 2.85. The predicted molar refractivity (Wildman–Crippen MR) is 137 cm³/mol. The number of aromatic amines is 1. The molecular weight excluding hydrogens is 479 g/mol. The van der Waals surface area contributed by atoms with Gasteiger partial charge in [0, 0.05) is 19.6 Å². The first-order chi connectivity index (χ1) is 17.5. The van der Waals surface area contributed by atoms with E-state index >= 15 is 0 Å². The summed E-state index contributed by atoms with van der Waals surface area (Å²) in [6, 6.07) is 10.6. The van der Waals surface area contributed by atoms with Gasteiger partial charge in [0.2, 0.25) is 0 Å². The molecule has 0 saturated carbocycles. The second-order valence-electron chi connectivity index (χ2n) is 10.2. The van der Waals surface area contributed by atoms with Gasteiger partial charge in [-0.2, -0.15) is 0 Å². The topological polar surface area (TPSA) is 105 Å². The highest BCUT2D eigenvalue weighted by atomic mass is 19.1. The third-order valence-electron chi connectivity index (χ3n) is 6.38. The molecule has 37 heavy (non-hydrogen) atoms. The van der Waals surface area contributed by atoms with Crippen LogP contribution in [0, 0.1) is 5.82 Å². The minimum Gasteiger partial charge on any atom is -0.444 e. The van der Waals surface area contributed by atoms with Crippen LogP contribution in [0.1, 0.15) is 50.0 Å². The van der Waals surface area contributed by atoms with Gasteiger partial charge >= 0.3 is 11.8 Å². The van der Waals surface area contributed by atoms with Gasteiger partial charge in [-0.25, -0.2) is 14.0 Å². The maximum absolute atomic E-state index is 14.8. The van der Waals surface area contributed by atoms with Crippen LogP contribution in [0.4, 0.5) is 9.18 Å². The van der Waals surface area contributed by atoms with Gasteiger partial charge in [0.05, 0.1) is 29.1 Å². The fourth-order valence-corrected chi connectivity index (χ4v) is 4.54. The van der Waals surface area contributed by atoms with E-state index in [1.165, 1.54) is 22.8 Å². The van der Waals surface area contributed by atoms with E-state index in [0.29, 0.717) is 22.9 Å². The van der Waals surface area contributed by atoms with E-state index in [9.17, 15) is 23.6 Å². The monoisotopic (exact) mass is 510 g/mol. The number of carbonyl (C=O) groups is 2. The number of nitrogens with zero attached hydrogens (tertiary/aromatic N) is 3. The number of carbonyl (C=O) groups excluding carboxylic acids is 2. The molecule has 1 atom stereocenters. The van der Waals surface area contributed by atoms with Crippen molar-refractivity contribution in [3.05, 3.63) is 80.2 Å². The number of hydrogen-bond acceptors (Lipinski definition) is 5. The Morgan fingerprint density at radius 1 is 1.11 bits per heavy atom. The summed E-state index contributed by atoms with van der Waals surface area (Å²) in [6.45, 7) is 8.12. The number of ether oxygens (including phenoxy) is 1. The van der Waals surface area contributed by atoms with Crippen molar-refractivity contribution in [3.63, 3.8) is 0 Å². The Morgan fingerprint density at radius 2 is 1.84 bits per heavy atom. The van der Waals surface area contributed by atoms with Crippen molar-refractivity contribution in [3.8, 4) is 0 Å². The van der Waals surface area contributed by atoms with Gasteiger partial charge in [-0.3, -0.25) is 19.1 Å². The molecule has 1 aromatic heterocycles. The predicted octanol–water partition coefficient (Wildman–Crippen LogP) is 3.35. The van der Waals surface area contributed by atoms with Crippen molar-refractivity contribution < 1.29 is 18.7 Å². The van der Waals surface area contributed by atoms with Gasteiger partial charge in [-0.15, -0.1) is 0 Å². The van der Waals surface area contributed by atoms with Crippen LogP contribution >= 0.6 is 0 Å². The average molecular weight is 511 g/mol. The number of halogens is 1. The van der Waals surface area contributed by atoms with Crippen LogP contribution in [0.2, 0.25) is 0 Å². The molecule has 0 radical (unpaired) electrons. The second-order valence-corrected chi connectivity index (χ2v) is 10.2. The molecule has 0 aliphatic carbocycles. The lowest BCUT2D eigenvalue weighted by Crippen LogP contribution is -2.57. The van der Waals surface area contributed by atoms with E-state index in [-0.39, 0.29) is 37.8 Å². The molecule has 1 aliphatic heterocycles. The molecule has 0 bridgehead atoms. The van der Waals surface area contributed by atoms with E-state index in [4.69, 9.17) is 4.74 Å². The first-order valence-corrected chi connectivity index (χ1v) is 12.3.